The summed E-state index contributed by atoms with van der Waals surface area (Å²) in [5, 5.41) is 12.2. The zero-order chi connectivity index (χ0) is 11.2. The van der Waals surface area contributed by atoms with Gasteiger partial charge in [-0.25, -0.2) is 0 Å². The van der Waals surface area contributed by atoms with Gasteiger partial charge in [-0.05, 0) is 17.7 Å². The highest BCUT2D eigenvalue weighted by Gasteiger charge is 2.13. The van der Waals surface area contributed by atoms with E-state index in [1.165, 1.54) is 0 Å². The zero-order valence-electron chi connectivity index (χ0n) is 9.19. The second-order valence-corrected chi connectivity index (χ2v) is 3.81. The molecule has 4 heteroatoms. The molecule has 1 aromatic carbocycles. The van der Waals surface area contributed by atoms with E-state index in [1.807, 2.05) is 24.3 Å². The number of ether oxygens (including phenoxy) is 2. The number of morpholine rings is 1. The number of aliphatic hydroxyl groups is 1. The van der Waals surface area contributed by atoms with E-state index in [9.17, 15) is 0 Å². The Hall–Kier alpha value is -1.10. The average Bonchev–Trinajstić information content (AvgIpc) is 2.38. The van der Waals surface area contributed by atoms with E-state index in [-0.39, 0.29) is 12.7 Å². The predicted octanol–water partition coefficient (Wildman–Crippen LogP) is 0.546. The molecule has 0 spiro atoms. The summed E-state index contributed by atoms with van der Waals surface area (Å²) in [4.78, 5) is 0. The minimum atomic E-state index is 0.0404. The molecule has 1 atom stereocenters. The molecule has 1 aliphatic rings. The molecule has 0 bridgehead atoms. The number of hydrogen-bond donors (Lipinski definition) is 2. The van der Waals surface area contributed by atoms with Crippen LogP contribution >= 0.6 is 0 Å². The van der Waals surface area contributed by atoms with Crippen molar-refractivity contribution < 1.29 is 14.6 Å². The van der Waals surface area contributed by atoms with Crippen molar-refractivity contribution in [2.24, 2.45) is 0 Å². The van der Waals surface area contributed by atoms with Crippen LogP contribution in [0.2, 0.25) is 0 Å². The van der Waals surface area contributed by atoms with Gasteiger partial charge in [-0.15, -0.1) is 0 Å². The van der Waals surface area contributed by atoms with E-state index in [1.54, 1.807) is 0 Å². The number of hydrogen-bond acceptors (Lipinski definition) is 4. The summed E-state index contributed by atoms with van der Waals surface area (Å²) in [5.74, 6) is 0.778. The Morgan fingerprint density at radius 2 is 2.44 bits per heavy atom. The lowest BCUT2D eigenvalue weighted by Gasteiger charge is -2.23. The molecule has 1 aliphatic heterocycles. The van der Waals surface area contributed by atoms with E-state index in [0.717, 1.165) is 31.0 Å². The van der Waals surface area contributed by atoms with Gasteiger partial charge in [0.05, 0.1) is 13.2 Å². The third kappa shape index (κ3) is 3.20. The molecule has 0 amide bonds. The van der Waals surface area contributed by atoms with Gasteiger partial charge in [0.25, 0.3) is 0 Å². The fraction of sp³-hybridized carbons (Fsp3) is 0.500. The molecule has 2 rings (SSSR count). The Labute approximate surface area is 95.2 Å². The van der Waals surface area contributed by atoms with E-state index in [4.69, 9.17) is 14.6 Å². The molecule has 88 valence electrons. The van der Waals surface area contributed by atoms with Gasteiger partial charge in [0.15, 0.2) is 0 Å². The zero-order valence-corrected chi connectivity index (χ0v) is 9.19. The summed E-state index contributed by atoms with van der Waals surface area (Å²) in [6, 6.07) is 7.47. The van der Waals surface area contributed by atoms with Crippen molar-refractivity contribution in [3.8, 4) is 5.75 Å². The van der Waals surface area contributed by atoms with Crippen LogP contribution in [0.4, 0.5) is 0 Å². The summed E-state index contributed by atoms with van der Waals surface area (Å²) in [6.45, 7) is 3.07. The van der Waals surface area contributed by atoms with Crippen LogP contribution in [0.15, 0.2) is 24.3 Å². The largest absolute Gasteiger partial charge is 0.491 e. The Balaban J connectivity index is 1.83. The van der Waals surface area contributed by atoms with Gasteiger partial charge in [0.2, 0.25) is 0 Å². The Kier molecular flexibility index (Phi) is 4.16. The third-order valence-electron chi connectivity index (χ3n) is 2.52. The summed E-state index contributed by atoms with van der Waals surface area (Å²) < 4.78 is 11.1. The number of rotatable bonds is 4. The fourth-order valence-electron chi connectivity index (χ4n) is 1.65. The van der Waals surface area contributed by atoms with Crippen LogP contribution in [0.3, 0.4) is 0 Å². The van der Waals surface area contributed by atoms with Crippen molar-refractivity contribution in [3.63, 3.8) is 0 Å². The van der Waals surface area contributed by atoms with Crippen LogP contribution < -0.4 is 10.1 Å². The summed E-state index contributed by atoms with van der Waals surface area (Å²) in [7, 11) is 0. The van der Waals surface area contributed by atoms with Gasteiger partial charge >= 0.3 is 0 Å². The van der Waals surface area contributed by atoms with Gasteiger partial charge < -0.3 is 19.9 Å². The predicted molar refractivity (Wildman–Crippen MR) is 60.5 cm³/mol. The van der Waals surface area contributed by atoms with Crippen LogP contribution in [-0.2, 0) is 11.3 Å². The summed E-state index contributed by atoms with van der Waals surface area (Å²) in [6.07, 6.45) is 0.117. The van der Waals surface area contributed by atoms with Crippen LogP contribution in [0.1, 0.15) is 5.56 Å². The van der Waals surface area contributed by atoms with Gasteiger partial charge in [-0.3, -0.25) is 0 Å². The highest BCUT2D eigenvalue weighted by Crippen LogP contribution is 2.14. The Bertz CT molecular complexity index is 324. The van der Waals surface area contributed by atoms with E-state index < -0.39 is 0 Å². The second-order valence-electron chi connectivity index (χ2n) is 3.81. The highest BCUT2D eigenvalue weighted by atomic mass is 16.5. The van der Waals surface area contributed by atoms with Gasteiger partial charge in [-0.2, -0.15) is 0 Å². The highest BCUT2D eigenvalue weighted by molar-refractivity contribution is 5.27. The van der Waals surface area contributed by atoms with Crippen molar-refractivity contribution in [1.82, 2.24) is 5.32 Å². The minimum Gasteiger partial charge on any atom is -0.491 e. The number of nitrogens with one attached hydrogen (secondary N) is 1. The quantitative estimate of drug-likeness (QED) is 0.782. The first-order valence-corrected chi connectivity index (χ1v) is 5.53. The van der Waals surface area contributed by atoms with Crippen molar-refractivity contribution in [1.29, 1.82) is 0 Å². The van der Waals surface area contributed by atoms with Crippen molar-refractivity contribution in [2.45, 2.75) is 12.7 Å². The SMILES string of the molecule is OCc1cccc(OCC2CNCCO2)c1. The molecular weight excluding hydrogens is 206 g/mol. The lowest BCUT2D eigenvalue weighted by Crippen LogP contribution is -2.41. The molecule has 1 saturated heterocycles. The third-order valence-corrected chi connectivity index (χ3v) is 2.52. The van der Waals surface area contributed by atoms with Gasteiger partial charge in [0, 0.05) is 13.1 Å². The van der Waals surface area contributed by atoms with E-state index >= 15 is 0 Å². The fourth-order valence-corrected chi connectivity index (χ4v) is 1.65. The average molecular weight is 223 g/mol. The van der Waals surface area contributed by atoms with Crippen LogP contribution in [-0.4, -0.2) is 37.5 Å². The molecular formula is C12H17NO3. The first-order valence-electron chi connectivity index (χ1n) is 5.53. The van der Waals surface area contributed by atoms with Crippen LogP contribution in [0.5, 0.6) is 5.75 Å². The summed E-state index contributed by atoms with van der Waals surface area (Å²) in [5.41, 5.74) is 0.861. The standard InChI is InChI=1S/C12H17NO3/c14-8-10-2-1-3-11(6-10)16-9-12-7-13-4-5-15-12/h1-3,6,12-14H,4-5,7-9H2. The molecule has 1 fully saturated rings. The molecule has 1 unspecified atom stereocenters. The van der Waals surface area contributed by atoms with Crippen molar-refractivity contribution >= 4 is 0 Å². The molecule has 0 aromatic heterocycles. The maximum Gasteiger partial charge on any atom is 0.119 e. The lowest BCUT2D eigenvalue weighted by atomic mass is 10.2. The van der Waals surface area contributed by atoms with Gasteiger partial charge in [0.1, 0.15) is 18.5 Å². The Morgan fingerprint density at radius 3 is 3.19 bits per heavy atom. The number of aliphatic hydroxyl groups excluding tert-OH is 1. The maximum atomic E-state index is 8.99. The molecule has 4 nitrogen and oxygen atoms in total. The lowest BCUT2D eigenvalue weighted by molar-refractivity contribution is 0.000167. The van der Waals surface area contributed by atoms with E-state index in [2.05, 4.69) is 5.32 Å². The van der Waals surface area contributed by atoms with Crippen LogP contribution in [0.25, 0.3) is 0 Å². The molecule has 0 aliphatic carbocycles. The second kappa shape index (κ2) is 5.84. The molecule has 16 heavy (non-hydrogen) atoms. The smallest absolute Gasteiger partial charge is 0.119 e. The minimum absolute atomic E-state index is 0.0404. The number of benzene rings is 1. The first-order chi connectivity index (χ1) is 7.88. The molecule has 0 radical (unpaired) electrons. The van der Waals surface area contributed by atoms with Gasteiger partial charge in [-0.1, -0.05) is 12.1 Å². The monoisotopic (exact) mass is 223 g/mol. The molecule has 1 heterocycles. The molecule has 2 N–H and O–H groups in total. The molecule has 0 saturated carbocycles. The maximum absolute atomic E-state index is 8.99. The van der Waals surface area contributed by atoms with Crippen molar-refractivity contribution in [3.05, 3.63) is 29.8 Å². The van der Waals surface area contributed by atoms with Crippen LogP contribution in [0, 0.1) is 0 Å². The first kappa shape index (κ1) is 11.4. The topological polar surface area (TPSA) is 50.7 Å². The normalized spacial score (nSPS) is 20.7. The van der Waals surface area contributed by atoms with E-state index in [0.29, 0.717) is 6.61 Å². The van der Waals surface area contributed by atoms with Crippen molar-refractivity contribution in [2.75, 3.05) is 26.3 Å². The Morgan fingerprint density at radius 1 is 1.50 bits per heavy atom. The summed E-state index contributed by atoms with van der Waals surface area (Å²) >= 11 is 0. The molecule has 1 aromatic rings.